The van der Waals surface area contributed by atoms with Crippen LogP contribution in [0.25, 0.3) is 16.6 Å². The first kappa shape index (κ1) is 22.8. The lowest BCUT2D eigenvalue weighted by atomic mass is 9.96. The summed E-state index contributed by atoms with van der Waals surface area (Å²) in [5.41, 5.74) is 2.78. The minimum atomic E-state index is -4.36. The Kier molecular flexibility index (Phi) is 5.80. The molecule has 1 amide bonds. The van der Waals surface area contributed by atoms with E-state index in [1.54, 1.807) is 0 Å². The van der Waals surface area contributed by atoms with E-state index >= 15 is 0 Å². The van der Waals surface area contributed by atoms with Crippen molar-refractivity contribution in [3.63, 3.8) is 0 Å². The molecular weight excluding hydrogens is 441 g/mol. The molecule has 1 aromatic heterocycles. The number of likely N-dealkylation sites (tertiary alicyclic amines) is 1. The van der Waals surface area contributed by atoms with Crippen molar-refractivity contribution in [1.82, 2.24) is 14.8 Å². The summed E-state index contributed by atoms with van der Waals surface area (Å²) in [5, 5.41) is 3.80. The third-order valence-electron chi connectivity index (χ3n) is 7.12. The molecule has 0 spiro atoms. The number of fused-ring (bicyclic) bond motifs is 1. The molecule has 2 saturated heterocycles. The summed E-state index contributed by atoms with van der Waals surface area (Å²) in [7, 11) is 2.10. The number of amides is 1. The molecule has 180 valence electrons. The number of carbonyl (C=O) groups excluding carboxylic acids is 1. The maximum atomic E-state index is 13.2. The molecule has 34 heavy (non-hydrogen) atoms. The first-order valence-corrected chi connectivity index (χ1v) is 11.7. The number of carbonyl (C=O) groups is 1. The van der Waals surface area contributed by atoms with Gasteiger partial charge in [0.05, 0.1) is 17.0 Å². The third kappa shape index (κ3) is 4.39. The highest BCUT2D eigenvalue weighted by Gasteiger charge is 2.34. The van der Waals surface area contributed by atoms with Gasteiger partial charge in [0, 0.05) is 42.1 Å². The van der Waals surface area contributed by atoms with Crippen molar-refractivity contribution in [2.24, 2.45) is 5.92 Å². The summed E-state index contributed by atoms with van der Waals surface area (Å²) in [6, 6.07) is 12.1. The second-order valence-corrected chi connectivity index (χ2v) is 9.62. The van der Waals surface area contributed by atoms with E-state index in [4.69, 9.17) is 0 Å². The van der Waals surface area contributed by atoms with Crippen LogP contribution in [-0.2, 0) is 11.0 Å². The van der Waals surface area contributed by atoms with Gasteiger partial charge in [-0.05, 0) is 81.9 Å². The first-order valence-electron chi connectivity index (χ1n) is 11.7. The number of nitrogens with zero attached hydrogens (tertiary/aromatic N) is 3. The molecule has 3 aromatic rings. The van der Waals surface area contributed by atoms with Crippen LogP contribution in [0.5, 0.6) is 0 Å². The Morgan fingerprint density at radius 3 is 2.44 bits per heavy atom. The van der Waals surface area contributed by atoms with Crippen molar-refractivity contribution < 1.29 is 18.0 Å². The number of rotatable bonds is 4. The Balaban J connectivity index is 1.29. The Hall–Kier alpha value is -3.00. The van der Waals surface area contributed by atoms with Crippen molar-refractivity contribution in [3.05, 3.63) is 59.8 Å². The number of halogens is 3. The van der Waals surface area contributed by atoms with E-state index in [1.165, 1.54) is 12.1 Å². The largest absolute Gasteiger partial charge is 0.416 e. The molecular formula is C26H29F3N4O. The van der Waals surface area contributed by atoms with Crippen LogP contribution in [0.1, 0.15) is 24.0 Å². The molecule has 2 aliphatic heterocycles. The van der Waals surface area contributed by atoms with Crippen LogP contribution in [-0.4, -0.2) is 54.6 Å². The number of alkyl halides is 3. The van der Waals surface area contributed by atoms with Crippen molar-refractivity contribution in [3.8, 4) is 5.69 Å². The van der Waals surface area contributed by atoms with Crippen LogP contribution < -0.4 is 10.2 Å². The van der Waals surface area contributed by atoms with E-state index in [0.717, 1.165) is 54.5 Å². The van der Waals surface area contributed by atoms with E-state index in [0.29, 0.717) is 18.5 Å². The molecule has 0 radical (unpaired) electrons. The highest BCUT2D eigenvalue weighted by Crippen LogP contribution is 2.34. The van der Waals surface area contributed by atoms with Crippen molar-refractivity contribution >= 4 is 22.5 Å². The highest BCUT2D eigenvalue weighted by atomic mass is 19.4. The second kappa shape index (κ2) is 8.65. The molecule has 1 N–H and O–H groups in total. The van der Waals surface area contributed by atoms with E-state index in [9.17, 15) is 18.0 Å². The summed E-state index contributed by atoms with van der Waals surface area (Å²) < 4.78 is 41.4. The van der Waals surface area contributed by atoms with Crippen molar-refractivity contribution in [2.75, 3.05) is 38.1 Å². The molecule has 0 bridgehead atoms. The molecule has 5 nitrogen and oxygen atoms in total. The lowest BCUT2D eigenvalue weighted by molar-refractivity contribution is -0.137. The molecule has 2 aliphatic rings. The maximum Gasteiger partial charge on any atom is 0.416 e. The number of nitrogens with one attached hydrogen (secondary N) is 1. The molecule has 2 aromatic carbocycles. The molecule has 2 fully saturated rings. The second-order valence-electron chi connectivity index (χ2n) is 9.62. The fraction of sp³-hybridized carbons (Fsp3) is 0.423. The van der Waals surface area contributed by atoms with Crippen molar-refractivity contribution in [2.45, 2.75) is 32.0 Å². The zero-order chi connectivity index (χ0) is 24.0. The van der Waals surface area contributed by atoms with E-state index in [-0.39, 0.29) is 17.9 Å². The van der Waals surface area contributed by atoms with E-state index in [1.807, 2.05) is 42.0 Å². The molecule has 3 heterocycles. The smallest absolute Gasteiger partial charge is 0.370 e. The van der Waals surface area contributed by atoms with Gasteiger partial charge in [-0.3, -0.25) is 4.79 Å². The number of piperidine rings is 1. The van der Waals surface area contributed by atoms with Crippen LogP contribution in [0, 0.1) is 12.8 Å². The van der Waals surface area contributed by atoms with Crippen LogP contribution in [0.3, 0.4) is 0 Å². The van der Waals surface area contributed by atoms with E-state index < -0.39 is 11.7 Å². The van der Waals surface area contributed by atoms with Crippen molar-refractivity contribution in [1.29, 1.82) is 0 Å². The summed E-state index contributed by atoms with van der Waals surface area (Å²) in [5.74, 6) is 0.119. The average Bonchev–Trinajstić information content (AvgIpc) is 3.10. The standard InChI is InChI=1S/C26H29F3N4O/c1-17-14-33(24-7-6-19(12-23(17)24)26(27,28)29)22-5-3-4-21(13-22)32-15-18(16-32)25(34)30-20-8-10-31(2)11-9-20/h3-7,12-14,18,20H,8-11,15-16H2,1-2H3,(H,30,34). The van der Waals surface area contributed by atoms with Gasteiger partial charge in [0.25, 0.3) is 0 Å². The third-order valence-corrected chi connectivity index (χ3v) is 7.12. The Morgan fingerprint density at radius 1 is 1.03 bits per heavy atom. The van der Waals surface area contributed by atoms with Gasteiger partial charge in [-0.25, -0.2) is 0 Å². The van der Waals surface area contributed by atoms with Crippen LogP contribution >= 0.6 is 0 Å². The molecule has 5 rings (SSSR count). The number of hydrogen-bond donors (Lipinski definition) is 1. The van der Waals surface area contributed by atoms with Gasteiger partial charge >= 0.3 is 6.18 Å². The summed E-state index contributed by atoms with van der Waals surface area (Å²) in [6.07, 6.45) is -0.501. The van der Waals surface area contributed by atoms with Crippen LogP contribution in [0.2, 0.25) is 0 Å². The summed E-state index contributed by atoms with van der Waals surface area (Å²) in [6.45, 7) is 5.19. The SMILES string of the molecule is Cc1cn(-c2cccc(N3CC(C(=O)NC4CCN(C)CC4)C3)c2)c2ccc(C(F)(F)F)cc12. The van der Waals surface area contributed by atoms with Gasteiger partial charge in [0.15, 0.2) is 0 Å². The lowest BCUT2D eigenvalue weighted by Crippen LogP contribution is -2.56. The predicted octanol–water partition coefficient (Wildman–Crippen LogP) is 4.60. The fourth-order valence-corrected chi connectivity index (χ4v) is 4.95. The molecule has 8 heteroatoms. The topological polar surface area (TPSA) is 40.5 Å². The molecule has 0 atom stereocenters. The van der Waals surface area contributed by atoms with Gasteiger partial charge in [-0.2, -0.15) is 13.2 Å². The number of benzene rings is 2. The van der Waals surface area contributed by atoms with Gasteiger partial charge in [-0.1, -0.05) is 6.07 Å². The average molecular weight is 471 g/mol. The van der Waals surface area contributed by atoms with E-state index in [2.05, 4.69) is 22.2 Å². The zero-order valence-electron chi connectivity index (χ0n) is 19.4. The molecule has 0 aliphatic carbocycles. The number of anilines is 1. The van der Waals surface area contributed by atoms with Gasteiger partial charge in [0.1, 0.15) is 0 Å². The Labute approximate surface area is 197 Å². The van der Waals surface area contributed by atoms with Crippen LogP contribution in [0.4, 0.5) is 18.9 Å². The summed E-state index contributed by atoms with van der Waals surface area (Å²) >= 11 is 0. The zero-order valence-corrected chi connectivity index (χ0v) is 19.4. The maximum absolute atomic E-state index is 13.2. The number of aromatic nitrogens is 1. The van der Waals surface area contributed by atoms with Gasteiger partial charge in [-0.15, -0.1) is 0 Å². The predicted molar refractivity (Wildman–Crippen MR) is 127 cm³/mol. The van der Waals surface area contributed by atoms with Gasteiger partial charge in [0.2, 0.25) is 5.91 Å². The fourth-order valence-electron chi connectivity index (χ4n) is 4.95. The number of aryl methyl sites for hydroxylation is 1. The molecule has 0 unspecified atom stereocenters. The number of hydrogen-bond acceptors (Lipinski definition) is 3. The molecule has 0 saturated carbocycles. The highest BCUT2D eigenvalue weighted by molar-refractivity contribution is 5.86. The first-order chi connectivity index (χ1) is 16.2. The monoisotopic (exact) mass is 470 g/mol. The quantitative estimate of drug-likeness (QED) is 0.606. The minimum Gasteiger partial charge on any atom is -0.370 e. The Morgan fingerprint density at radius 2 is 1.74 bits per heavy atom. The summed E-state index contributed by atoms with van der Waals surface area (Å²) in [4.78, 5) is 17.1. The minimum absolute atomic E-state index is 0.0150. The normalized spacial score (nSPS) is 18.3. The van der Waals surface area contributed by atoms with Crippen LogP contribution in [0.15, 0.2) is 48.7 Å². The lowest BCUT2D eigenvalue weighted by Gasteiger charge is -2.41. The Bertz CT molecular complexity index is 1200. The van der Waals surface area contributed by atoms with Gasteiger partial charge < -0.3 is 19.7 Å².